The summed E-state index contributed by atoms with van der Waals surface area (Å²) in [6.07, 6.45) is 0.511. The molecule has 23 heavy (non-hydrogen) atoms. The van der Waals surface area contributed by atoms with Crippen LogP contribution in [0.25, 0.3) is 0 Å². The van der Waals surface area contributed by atoms with E-state index in [1.165, 1.54) is 6.07 Å². The Morgan fingerprint density at radius 2 is 2.04 bits per heavy atom. The second-order valence-corrected chi connectivity index (χ2v) is 4.85. The van der Waals surface area contributed by atoms with E-state index in [9.17, 15) is 13.2 Å². The van der Waals surface area contributed by atoms with Crippen molar-refractivity contribution in [2.75, 3.05) is 13.6 Å². The molecule has 0 fully saturated rings. The van der Waals surface area contributed by atoms with Gasteiger partial charge in [0.1, 0.15) is 0 Å². The standard InChI is InChI=1S/C16H22F3N3.HI/c1-4-5-6-10-21-15(20-3)22-12(2)13-8-7-9-14(11-13)16(17,18)19;/h4-5,7-9,11-12H,6,10H2,1-3H3,(H2,20,21,22);1H/b5-4+;. The van der Waals surface area contributed by atoms with Crippen LogP contribution in [0.4, 0.5) is 13.2 Å². The summed E-state index contributed by atoms with van der Waals surface area (Å²) in [6.45, 7) is 4.45. The summed E-state index contributed by atoms with van der Waals surface area (Å²) in [5.41, 5.74) is -0.0825. The fourth-order valence-corrected chi connectivity index (χ4v) is 1.91. The zero-order chi connectivity index (χ0) is 16.6. The normalized spacial score (nSPS) is 13.6. The summed E-state index contributed by atoms with van der Waals surface area (Å²) in [4.78, 5) is 4.07. The molecule has 1 aromatic carbocycles. The van der Waals surface area contributed by atoms with Gasteiger partial charge in [0.25, 0.3) is 0 Å². The van der Waals surface area contributed by atoms with Crippen molar-refractivity contribution < 1.29 is 13.2 Å². The molecule has 7 heteroatoms. The zero-order valence-corrected chi connectivity index (χ0v) is 15.8. The molecule has 0 heterocycles. The van der Waals surface area contributed by atoms with Crippen LogP contribution in [0.2, 0.25) is 0 Å². The topological polar surface area (TPSA) is 36.4 Å². The number of aliphatic imine (C=N–C) groups is 1. The number of nitrogens with one attached hydrogen (secondary N) is 2. The third kappa shape index (κ3) is 7.71. The SMILES string of the molecule is C/C=C/CCNC(=NC)NC(C)c1cccc(C(F)(F)F)c1.I. The molecule has 1 rings (SSSR count). The quantitative estimate of drug-likeness (QED) is 0.232. The first-order chi connectivity index (χ1) is 10.4. The first-order valence-corrected chi connectivity index (χ1v) is 7.14. The Kier molecular flexibility index (Phi) is 9.94. The minimum Gasteiger partial charge on any atom is -0.356 e. The van der Waals surface area contributed by atoms with E-state index >= 15 is 0 Å². The molecule has 0 saturated carbocycles. The number of alkyl halides is 3. The molecule has 0 saturated heterocycles. The van der Waals surface area contributed by atoms with Gasteiger partial charge in [-0.05, 0) is 38.0 Å². The lowest BCUT2D eigenvalue weighted by Gasteiger charge is -2.19. The number of allylic oxidation sites excluding steroid dienone is 1. The van der Waals surface area contributed by atoms with E-state index < -0.39 is 11.7 Å². The molecule has 1 unspecified atom stereocenters. The van der Waals surface area contributed by atoms with Gasteiger partial charge in [-0.1, -0.05) is 24.3 Å². The van der Waals surface area contributed by atoms with Crippen molar-refractivity contribution in [3.63, 3.8) is 0 Å². The van der Waals surface area contributed by atoms with E-state index in [0.717, 1.165) is 18.6 Å². The number of hydrogen-bond acceptors (Lipinski definition) is 1. The first-order valence-electron chi connectivity index (χ1n) is 7.14. The van der Waals surface area contributed by atoms with Gasteiger partial charge in [-0.3, -0.25) is 4.99 Å². The summed E-state index contributed by atoms with van der Waals surface area (Å²) in [5, 5.41) is 6.20. The van der Waals surface area contributed by atoms with Crippen LogP contribution in [0, 0.1) is 0 Å². The second kappa shape index (κ2) is 10.5. The van der Waals surface area contributed by atoms with Crippen molar-refractivity contribution in [1.82, 2.24) is 10.6 Å². The summed E-state index contributed by atoms with van der Waals surface area (Å²) < 4.78 is 38.2. The summed E-state index contributed by atoms with van der Waals surface area (Å²) in [5.74, 6) is 0.564. The van der Waals surface area contributed by atoms with Crippen LogP contribution >= 0.6 is 24.0 Å². The lowest BCUT2D eigenvalue weighted by Crippen LogP contribution is -2.39. The number of benzene rings is 1. The van der Waals surface area contributed by atoms with Gasteiger partial charge in [0.2, 0.25) is 0 Å². The van der Waals surface area contributed by atoms with Crippen molar-refractivity contribution in [1.29, 1.82) is 0 Å². The second-order valence-electron chi connectivity index (χ2n) is 4.85. The van der Waals surface area contributed by atoms with E-state index in [1.54, 1.807) is 20.0 Å². The molecule has 1 aromatic rings. The predicted octanol–water partition coefficient (Wildman–Crippen LogP) is 4.52. The number of guanidine groups is 1. The zero-order valence-electron chi connectivity index (χ0n) is 13.4. The molecule has 0 spiro atoms. The minimum atomic E-state index is -4.33. The minimum absolute atomic E-state index is 0. The number of nitrogens with zero attached hydrogens (tertiary/aromatic N) is 1. The highest BCUT2D eigenvalue weighted by Gasteiger charge is 2.30. The molecule has 1 atom stereocenters. The molecule has 130 valence electrons. The van der Waals surface area contributed by atoms with Crippen LogP contribution in [-0.4, -0.2) is 19.6 Å². The van der Waals surface area contributed by atoms with Crippen molar-refractivity contribution >= 4 is 29.9 Å². The fraction of sp³-hybridized carbons (Fsp3) is 0.438. The lowest BCUT2D eigenvalue weighted by atomic mass is 10.1. The number of rotatable bonds is 5. The van der Waals surface area contributed by atoms with E-state index in [0.29, 0.717) is 18.1 Å². The van der Waals surface area contributed by atoms with Crippen LogP contribution in [0.3, 0.4) is 0 Å². The van der Waals surface area contributed by atoms with Crippen LogP contribution in [-0.2, 0) is 6.18 Å². The lowest BCUT2D eigenvalue weighted by molar-refractivity contribution is -0.137. The van der Waals surface area contributed by atoms with E-state index in [4.69, 9.17) is 0 Å². The highest BCUT2D eigenvalue weighted by molar-refractivity contribution is 14.0. The largest absolute Gasteiger partial charge is 0.416 e. The maximum absolute atomic E-state index is 12.7. The van der Waals surface area contributed by atoms with E-state index in [2.05, 4.69) is 15.6 Å². The summed E-state index contributed by atoms with van der Waals surface area (Å²) >= 11 is 0. The van der Waals surface area contributed by atoms with Gasteiger partial charge < -0.3 is 10.6 Å². The Balaban J connectivity index is 0.00000484. The third-order valence-corrected chi connectivity index (χ3v) is 3.13. The van der Waals surface area contributed by atoms with Gasteiger partial charge in [-0.25, -0.2) is 0 Å². The molecule has 2 N–H and O–H groups in total. The van der Waals surface area contributed by atoms with E-state index in [-0.39, 0.29) is 30.0 Å². The monoisotopic (exact) mass is 441 g/mol. The molecular weight excluding hydrogens is 418 g/mol. The molecule has 0 radical (unpaired) electrons. The highest BCUT2D eigenvalue weighted by atomic mass is 127. The summed E-state index contributed by atoms with van der Waals surface area (Å²) in [6, 6.07) is 5.03. The Morgan fingerprint density at radius 1 is 1.35 bits per heavy atom. The predicted molar refractivity (Wildman–Crippen MR) is 99.2 cm³/mol. The Bertz CT molecular complexity index is 528. The molecule has 0 aliphatic carbocycles. The van der Waals surface area contributed by atoms with Gasteiger partial charge in [0.15, 0.2) is 5.96 Å². The summed E-state index contributed by atoms with van der Waals surface area (Å²) in [7, 11) is 1.63. The Morgan fingerprint density at radius 3 is 2.61 bits per heavy atom. The smallest absolute Gasteiger partial charge is 0.356 e. The molecule has 0 bridgehead atoms. The van der Waals surface area contributed by atoms with Gasteiger partial charge in [-0.15, -0.1) is 24.0 Å². The van der Waals surface area contributed by atoms with Crippen LogP contribution < -0.4 is 10.6 Å². The van der Waals surface area contributed by atoms with Gasteiger partial charge in [0, 0.05) is 13.6 Å². The van der Waals surface area contributed by atoms with Crippen molar-refractivity contribution in [2.45, 2.75) is 32.5 Å². The van der Waals surface area contributed by atoms with Crippen LogP contribution in [0.1, 0.15) is 37.4 Å². The van der Waals surface area contributed by atoms with Gasteiger partial charge in [-0.2, -0.15) is 13.2 Å². The molecule has 0 aromatic heterocycles. The Labute approximate surface area is 152 Å². The van der Waals surface area contributed by atoms with Crippen molar-refractivity contribution in [2.24, 2.45) is 4.99 Å². The molecule has 3 nitrogen and oxygen atoms in total. The van der Waals surface area contributed by atoms with Crippen molar-refractivity contribution in [3.8, 4) is 0 Å². The molecular formula is C16H23F3IN3. The third-order valence-electron chi connectivity index (χ3n) is 3.13. The highest BCUT2D eigenvalue weighted by Crippen LogP contribution is 2.30. The maximum atomic E-state index is 12.7. The average Bonchev–Trinajstić information content (AvgIpc) is 2.49. The van der Waals surface area contributed by atoms with Gasteiger partial charge in [0.05, 0.1) is 11.6 Å². The maximum Gasteiger partial charge on any atom is 0.416 e. The number of halogens is 4. The van der Waals surface area contributed by atoms with Crippen molar-refractivity contribution in [3.05, 3.63) is 47.5 Å². The number of hydrogen-bond donors (Lipinski definition) is 2. The van der Waals surface area contributed by atoms with E-state index in [1.807, 2.05) is 19.1 Å². The molecule has 0 aliphatic heterocycles. The average molecular weight is 441 g/mol. The van der Waals surface area contributed by atoms with Crippen LogP contribution in [0.5, 0.6) is 0 Å². The Hall–Kier alpha value is -1.25. The fourth-order valence-electron chi connectivity index (χ4n) is 1.91. The molecule has 0 aliphatic rings. The molecule has 0 amide bonds. The van der Waals surface area contributed by atoms with Gasteiger partial charge >= 0.3 is 6.18 Å². The first kappa shape index (κ1) is 21.8. The van der Waals surface area contributed by atoms with Crippen LogP contribution in [0.15, 0.2) is 41.4 Å².